The van der Waals surface area contributed by atoms with Gasteiger partial charge in [0.05, 0.1) is 34.8 Å². The SMILES string of the molecule is Clc1ccnc(/C=N/I)c1. The molecule has 0 bridgehead atoms. The Hall–Kier alpha value is -0.160. The average molecular weight is 266 g/mol. The zero-order chi connectivity index (χ0) is 7.40. The monoisotopic (exact) mass is 266 g/mol. The van der Waals surface area contributed by atoms with Gasteiger partial charge in [-0.1, -0.05) is 11.6 Å². The molecule has 1 aromatic rings. The topological polar surface area (TPSA) is 25.2 Å². The molecule has 0 radical (unpaired) electrons. The van der Waals surface area contributed by atoms with E-state index in [0.717, 1.165) is 5.69 Å². The number of rotatable bonds is 1. The van der Waals surface area contributed by atoms with E-state index in [1.165, 1.54) is 0 Å². The highest BCUT2D eigenvalue weighted by Gasteiger charge is 1.88. The number of aromatic nitrogens is 1. The number of nitrogens with zero attached hydrogens (tertiary/aromatic N) is 2. The van der Waals surface area contributed by atoms with Gasteiger partial charge < -0.3 is 0 Å². The van der Waals surface area contributed by atoms with Gasteiger partial charge in [0.1, 0.15) is 0 Å². The minimum absolute atomic E-state index is 0.682. The van der Waals surface area contributed by atoms with Crippen LogP contribution in [0, 0.1) is 0 Å². The van der Waals surface area contributed by atoms with Crippen molar-refractivity contribution >= 4 is 40.7 Å². The summed E-state index contributed by atoms with van der Waals surface area (Å²) in [6.07, 6.45) is 3.29. The third-order valence-electron chi connectivity index (χ3n) is 0.924. The van der Waals surface area contributed by atoms with Crippen LogP contribution in [-0.4, -0.2) is 11.2 Å². The van der Waals surface area contributed by atoms with E-state index in [1.807, 2.05) is 22.9 Å². The lowest BCUT2D eigenvalue weighted by molar-refractivity contribution is 1.31. The largest absolute Gasteiger partial charge is 0.255 e. The van der Waals surface area contributed by atoms with Crippen molar-refractivity contribution in [3.63, 3.8) is 0 Å². The van der Waals surface area contributed by atoms with Crippen molar-refractivity contribution in [2.24, 2.45) is 3.21 Å². The van der Waals surface area contributed by atoms with Crippen molar-refractivity contribution < 1.29 is 0 Å². The van der Waals surface area contributed by atoms with Crippen molar-refractivity contribution in [1.82, 2.24) is 4.98 Å². The van der Waals surface area contributed by atoms with Crippen molar-refractivity contribution in [2.45, 2.75) is 0 Å². The van der Waals surface area contributed by atoms with E-state index >= 15 is 0 Å². The second-order valence-electron chi connectivity index (χ2n) is 1.63. The first-order chi connectivity index (χ1) is 4.83. The van der Waals surface area contributed by atoms with Crippen LogP contribution in [0.3, 0.4) is 0 Å². The Morgan fingerprint density at radius 3 is 3.10 bits per heavy atom. The zero-order valence-corrected chi connectivity index (χ0v) is 7.87. The molecule has 0 unspecified atom stereocenters. The first-order valence-corrected chi connectivity index (χ1v) is 3.93. The van der Waals surface area contributed by atoms with E-state index < -0.39 is 0 Å². The molecule has 0 aliphatic rings. The van der Waals surface area contributed by atoms with Crippen molar-refractivity contribution in [1.29, 1.82) is 0 Å². The van der Waals surface area contributed by atoms with Gasteiger partial charge in [0.25, 0.3) is 0 Å². The van der Waals surface area contributed by atoms with E-state index in [0.29, 0.717) is 5.02 Å². The minimum Gasteiger partial charge on any atom is -0.255 e. The number of halogens is 2. The fourth-order valence-corrected chi connectivity index (χ4v) is 0.995. The molecule has 0 fully saturated rings. The summed E-state index contributed by atoms with van der Waals surface area (Å²) in [5.74, 6) is 0. The first kappa shape index (κ1) is 7.94. The van der Waals surface area contributed by atoms with E-state index in [1.54, 1.807) is 24.5 Å². The summed E-state index contributed by atoms with van der Waals surface area (Å²) in [6.45, 7) is 0. The van der Waals surface area contributed by atoms with E-state index in [9.17, 15) is 0 Å². The Labute approximate surface area is 77.8 Å². The lowest BCUT2D eigenvalue weighted by Gasteiger charge is -1.89. The van der Waals surface area contributed by atoms with Gasteiger partial charge in [-0.05, 0) is 12.1 Å². The van der Waals surface area contributed by atoms with Crippen LogP contribution in [0.1, 0.15) is 5.69 Å². The number of pyridine rings is 1. The molecule has 0 saturated carbocycles. The summed E-state index contributed by atoms with van der Waals surface area (Å²) in [5.41, 5.74) is 0.780. The standard InChI is InChI=1S/C6H4ClIN2/c7-5-1-2-9-6(3-5)4-10-8/h1-4H/b10-4+. The molecule has 1 rings (SSSR count). The number of hydrogen-bond donors (Lipinski definition) is 0. The van der Waals surface area contributed by atoms with Gasteiger partial charge in [-0.15, -0.1) is 0 Å². The summed E-state index contributed by atoms with van der Waals surface area (Å²) in [7, 11) is 0. The predicted molar refractivity (Wildman–Crippen MR) is 50.9 cm³/mol. The molecular formula is C6H4ClIN2. The molecule has 0 spiro atoms. The summed E-state index contributed by atoms with van der Waals surface area (Å²) in [4.78, 5) is 3.99. The molecule has 52 valence electrons. The summed E-state index contributed by atoms with van der Waals surface area (Å²) >= 11 is 7.57. The second-order valence-corrected chi connectivity index (χ2v) is 2.62. The van der Waals surface area contributed by atoms with E-state index in [-0.39, 0.29) is 0 Å². The molecule has 0 N–H and O–H groups in total. The van der Waals surface area contributed by atoms with E-state index in [2.05, 4.69) is 8.19 Å². The Balaban J connectivity index is 2.95. The molecule has 2 nitrogen and oxygen atoms in total. The minimum atomic E-state index is 0.682. The molecule has 1 aromatic heterocycles. The van der Waals surface area contributed by atoms with Crippen LogP contribution >= 0.6 is 34.5 Å². The molecule has 0 aliphatic heterocycles. The maximum absolute atomic E-state index is 5.68. The molecule has 4 heteroatoms. The van der Waals surface area contributed by atoms with Gasteiger partial charge >= 0.3 is 0 Å². The highest BCUT2D eigenvalue weighted by atomic mass is 127. The van der Waals surface area contributed by atoms with Crippen LogP contribution in [0.15, 0.2) is 21.5 Å². The van der Waals surface area contributed by atoms with Crippen LogP contribution in [0.5, 0.6) is 0 Å². The normalized spacial score (nSPS) is 10.6. The predicted octanol–water partition coefficient (Wildman–Crippen LogP) is 2.50. The Bertz CT molecular complexity index is 249. The average Bonchev–Trinajstić information content (AvgIpc) is 1.88. The van der Waals surface area contributed by atoms with Gasteiger partial charge in [-0.2, -0.15) is 0 Å². The highest BCUT2D eigenvalue weighted by molar-refractivity contribution is 14.1. The first-order valence-electron chi connectivity index (χ1n) is 2.59. The molecule has 0 saturated heterocycles. The summed E-state index contributed by atoms with van der Waals surface area (Å²) in [5, 5.41) is 0.682. The van der Waals surface area contributed by atoms with Gasteiger partial charge in [0.2, 0.25) is 0 Å². The van der Waals surface area contributed by atoms with Crippen molar-refractivity contribution in [3.05, 3.63) is 29.0 Å². The van der Waals surface area contributed by atoms with Gasteiger partial charge in [-0.3, -0.25) is 4.98 Å². The maximum Gasteiger partial charge on any atom is 0.0832 e. The number of hydrogen-bond acceptors (Lipinski definition) is 2. The fraction of sp³-hybridized carbons (Fsp3) is 0. The van der Waals surface area contributed by atoms with Gasteiger partial charge in [0, 0.05) is 11.2 Å². The molecule has 10 heavy (non-hydrogen) atoms. The van der Waals surface area contributed by atoms with Crippen LogP contribution in [0.25, 0.3) is 0 Å². The Morgan fingerprint density at radius 2 is 2.50 bits per heavy atom. The van der Waals surface area contributed by atoms with Crippen molar-refractivity contribution in [3.8, 4) is 0 Å². The third kappa shape index (κ3) is 2.22. The molecule has 0 aliphatic carbocycles. The maximum atomic E-state index is 5.68. The van der Waals surface area contributed by atoms with Gasteiger partial charge in [-0.25, -0.2) is 3.21 Å². The van der Waals surface area contributed by atoms with Crippen LogP contribution < -0.4 is 0 Å². The molecule has 1 heterocycles. The van der Waals surface area contributed by atoms with Crippen LogP contribution in [0.4, 0.5) is 0 Å². The van der Waals surface area contributed by atoms with Crippen LogP contribution in [0.2, 0.25) is 5.02 Å². The molecule has 0 atom stereocenters. The van der Waals surface area contributed by atoms with E-state index in [4.69, 9.17) is 11.6 Å². The Morgan fingerprint density at radius 1 is 1.70 bits per heavy atom. The Kier molecular flexibility index (Phi) is 3.08. The summed E-state index contributed by atoms with van der Waals surface area (Å²) < 4.78 is 3.77. The molecule has 0 amide bonds. The summed E-state index contributed by atoms with van der Waals surface area (Å²) in [6, 6.07) is 3.48. The second kappa shape index (κ2) is 3.88. The van der Waals surface area contributed by atoms with Gasteiger partial charge in [0.15, 0.2) is 0 Å². The quantitative estimate of drug-likeness (QED) is 0.566. The molecular weight excluding hydrogens is 262 g/mol. The van der Waals surface area contributed by atoms with Crippen LogP contribution in [-0.2, 0) is 0 Å². The zero-order valence-electron chi connectivity index (χ0n) is 4.96. The smallest absolute Gasteiger partial charge is 0.0832 e. The third-order valence-corrected chi connectivity index (χ3v) is 1.44. The lowest BCUT2D eigenvalue weighted by Crippen LogP contribution is -1.83. The fourth-order valence-electron chi connectivity index (χ4n) is 0.542. The van der Waals surface area contributed by atoms with Crippen molar-refractivity contribution in [2.75, 3.05) is 0 Å². The molecule has 0 aromatic carbocycles. The highest BCUT2D eigenvalue weighted by Crippen LogP contribution is 2.06. The lowest BCUT2D eigenvalue weighted by atomic mass is 10.4.